The van der Waals surface area contributed by atoms with Crippen LogP contribution in [0, 0.1) is 11.3 Å². The third-order valence-electron chi connectivity index (χ3n) is 7.74. The molecule has 3 heteroatoms. The van der Waals surface area contributed by atoms with Crippen molar-refractivity contribution in [2.75, 3.05) is 0 Å². The monoisotopic (exact) mass is 511 g/mol. The number of fused-ring (bicyclic) bond motifs is 6. The van der Waals surface area contributed by atoms with Gasteiger partial charge >= 0.3 is 0 Å². The van der Waals surface area contributed by atoms with E-state index in [1.807, 2.05) is 78.9 Å². The Labute approximate surface area is 230 Å². The summed E-state index contributed by atoms with van der Waals surface area (Å²) in [5, 5.41) is 14.8. The third-order valence-corrected chi connectivity index (χ3v) is 7.74. The van der Waals surface area contributed by atoms with Crippen molar-refractivity contribution in [3.8, 4) is 39.4 Å². The lowest BCUT2D eigenvalue weighted by atomic mass is 9.86. The minimum atomic E-state index is 0.621. The van der Waals surface area contributed by atoms with Crippen molar-refractivity contribution in [3.05, 3.63) is 133 Å². The van der Waals surface area contributed by atoms with E-state index in [4.69, 9.17) is 8.83 Å². The second kappa shape index (κ2) is 8.73. The van der Waals surface area contributed by atoms with Crippen molar-refractivity contribution >= 4 is 43.9 Å². The molecule has 0 fully saturated rings. The van der Waals surface area contributed by atoms with E-state index >= 15 is 0 Å². The van der Waals surface area contributed by atoms with Gasteiger partial charge in [-0.1, -0.05) is 91.0 Å². The minimum Gasteiger partial charge on any atom is -0.456 e. The van der Waals surface area contributed by atoms with Crippen molar-refractivity contribution in [1.29, 1.82) is 5.26 Å². The molecule has 0 bridgehead atoms. The first-order valence-electron chi connectivity index (χ1n) is 13.2. The Balaban J connectivity index is 1.52. The number of benzene rings is 6. The number of rotatable bonds is 3. The molecular weight excluding hydrogens is 490 g/mol. The van der Waals surface area contributed by atoms with Crippen LogP contribution in [-0.4, -0.2) is 0 Å². The first-order valence-corrected chi connectivity index (χ1v) is 13.2. The molecule has 40 heavy (non-hydrogen) atoms. The van der Waals surface area contributed by atoms with Gasteiger partial charge in [0.15, 0.2) is 0 Å². The lowest BCUT2D eigenvalue weighted by molar-refractivity contribution is 0.668. The van der Waals surface area contributed by atoms with Gasteiger partial charge in [-0.2, -0.15) is 5.26 Å². The van der Waals surface area contributed by atoms with E-state index in [-0.39, 0.29) is 0 Å². The van der Waals surface area contributed by atoms with Crippen LogP contribution in [0.1, 0.15) is 5.56 Å². The molecule has 0 aliphatic rings. The summed E-state index contributed by atoms with van der Waals surface area (Å²) in [5.74, 6) is 0. The zero-order valence-corrected chi connectivity index (χ0v) is 21.4. The maximum atomic E-state index is 10.8. The number of nitriles is 1. The lowest BCUT2D eigenvalue weighted by Gasteiger charge is -2.15. The molecule has 0 saturated heterocycles. The fraction of sp³-hybridized carbons (Fsp3) is 0. The van der Waals surface area contributed by atoms with E-state index in [2.05, 4.69) is 54.6 Å². The summed E-state index contributed by atoms with van der Waals surface area (Å²) in [6.45, 7) is 0. The van der Waals surface area contributed by atoms with Crippen molar-refractivity contribution in [2.45, 2.75) is 0 Å². The second-order valence-electron chi connectivity index (χ2n) is 9.98. The Hall–Kier alpha value is -5.59. The molecule has 8 rings (SSSR count). The number of para-hydroxylation sites is 2. The van der Waals surface area contributed by atoms with E-state index in [0.29, 0.717) is 5.56 Å². The van der Waals surface area contributed by atoms with Crippen LogP contribution in [0.5, 0.6) is 0 Å². The van der Waals surface area contributed by atoms with Gasteiger partial charge in [-0.3, -0.25) is 0 Å². The summed E-state index contributed by atoms with van der Waals surface area (Å²) >= 11 is 0. The Kier molecular flexibility index (Phi) is 4.89. The minimum absolute atomic E-state index is 0.621. The van der Waals surface area contributed by atoms with Crippen molar-refractivity contribution in [2.24, 2.45) is 0 Å². The summed E-state index contributed by atoms with van der Waals surface area (Å²) < 4.78 is 12.4. The predicted octanol–water partition coefficient (Wildman–Crippen LogP) is 10.4. The summed E-state index contributed by atoms with van der Waals surface area (Å²) in [6, 6.07) is 45.5. The van der Waals surface area contributed by atoms with Crippen molar-refractivity contribution in [1.82, 2.24) is 0 Å². The van der Waals surface area contributed by atoms with Crippen LogP contribution in [0.3, 0.4) is 0 Å². The summed E-state index contributed by atoms with van der Waals surface area (Å²) in [6.07, 6.45) is 0. The molecule has 0 unspecified atom stereocenters. The van der Waals surface area contributed by atoms with Gasteiger partial charge in [0.2, 0.25) is 0 Å². The highest BCUT2D eigenvalue weighted by molar-refractivity contribution is 6.16. The highest BCUT2D eigenvalue weighted by Crippen LogP contribution is 2.44. The molecule has 186 valence electrons. The smallest absolute Gasteiger partial charge is 0.136 e. The predicted molar refractivity (Wildman–Crippen MR) is 162 cm³/mol. The summed E-state index contributed by atoms with van der Waals surface area (Å²) in [5.41, 5.74) is 9.72. The topological polar surface area (TPSA) is 50.1 Å². The molecule has 0 amide bonds. The molecule has 0 N–H and O–H groups in total. The van der Waals surface area contributed by atoms with E-state index in [1.54, 1.807) is 0 Å². The maximum Gasteiger partial charge on any atom is 0.136 e. The number of hydrogen-bond donors (Lipinski definition) is 0. The van der Waals surface area contributed by atoms with Gasteiger partial charge in [-0.05, 0) is 58.7 Å². The first kappa shape index (κ1) is 22.4. The normalized spacial score (nSPS) is 11.5. The van der Waals surface area contributed by atoms with Gasteiger partial charge in [-0.25, -0.2) is 0 Å². The average Bonchev–Trinajstić information content (AvgIpc) is 3.59. The highest BCUT2D eigenvalue weighted by atomic mass is 16.3. The molecule has 2 aromatic heterocycles. The Morgan fingerprint density at radius 1 is 0.425 bits per heavy atom. The zero-order chi connectivity index (χ0) is 26.6. The number of hydrogen-bond acceptors (Lipinski definition) is 3. The van der Waals surface area contributed by atoms with Crippen LogP contribution in [0.4, 0.5) is 0 Å². The van der Waals surface area contributed by atoms with Crippen molar-refractivity contribution < 1.29 is 8.83 Å². The summed E-state index contributed by atoms with van der Waals surface area (Å²) in [4.78, 5) is 0. The first-order chi connectivity index (χ1) is 19.8. The number of nitrogens with zero attached hydrogens (tertiary/aromatic N) is 1. The Morgan fingerprint density at radius 2 is 0.900 bits per heavy atom. The van der Waals surface area contributed by atoms with Crippen LogP contribution >= 0.6 is 0 Å². The maximum absolute atomic E-state index is 10.8. The molecule has 2 heterocycles. The van der Waals surface area contributed by atoms with Crippen LogP contribution in [0.2, 0.25) is 0 Å². The summed E-state index contributed by atoms with van der Waals surface area (Å²) in [7, 11) is 0. The largest absolute Gasteiger partial charge is 0.456 e. The molecule has 0 radical (unpaired) electrons. The standard InChI is InChI=1S/C37H21NO2/c38-22-31-29(25-14-8-18-34-36(25)27-12-4-6-16-32(27)39-34)20-24(23-10-2-1-3-11-23)21-30(31)26-15-9-19-35-37(26)28-13-5-7-17-33(28)40-35/h1-21H. The van der Waals surface area contributed by atoms with E-state index < -0.39 is 0 Å². The van der Waals surface area contributed by atoms with Crippen LogP contribution < -0.4 is 0 Å². The van der Waals surface area contributed by atoms with Gasteiger partial charge in [0.05, 0.1) is 5.56 Å². The molecule has 0 spiro atoms. The lowest BCUT2D eigenvalue weighted by Crippen LogP contribution is -1.94. The van der Waals surface area contributed by atoms with Gasteiger partial charge in [0, 0.05) is 32.7 Å². The molecule has 3 nitrogen and oxygen atoms in total. The SMILES string of the molecule is N#Cc1c(-c2cccc3oc4ccccc4c23)cc(-c2ccccc2)cc1-c1cccc2oc3ccccc3c12. The fourth-order valence-corrected chi connectivity index (χ4v) is 5.98. The van der Waals surface area contributed by atoms with E-state index in [0.717, 1.165) is 77.3 Å². The van der Waals surface area contributed by atoms with Crippen molar-refractivity contribution in [3.63, 3.8) is 0 Å². The average molecular weight is 512 g/mol. The zero-order valence-electron chi connectivity index (χ0n) is 21.4. The quantitative estimate of drug-likeness (QED) is 0.237. The van der Waals surface area contributed by atoms with Crippen LogP contribution in [0.15, 0.2) is 136 Å². The van der Waals surface area contributed by atoms with Crippen LogP contribution in [0.25, 0.3) is 77.3 Å². The molecule has 0 saturated carbocycles. The number of furan rings is 2. The molecule has 0 aliphatic heterocycles. The van der Waals surface area contributed by atoms with Gasteiger partial charge in [0.1, 0.15) is 28.4 Å². The van der Waals surface area contributed by atoms with Gasteiger partial charge in [0.25, 0.3) is 0 Å². The fourth-order valence-electron chi connectivity index (χ4n) is 5.98. The Morgan fingerprint density at radius 3 is 1.43 bits per heavy atom. The van der Waals surface area contributed by atoms with Crippen LogP contribution in [-0.2, 0) is 0 Å². The molecule has 0 aliphatic carbocycles. The molecule has 8 aromatic rings. The molecule has 0 atom stereocenters. The highest BCUT2D eigenvalue weighted by Gasteiger charge is 2.21. The third kappa shape index (κ3) is 3.30. The molecule has 6 aromatic carbocycles. The van der Waals surface area contributed by atoms with Gasteiger partial charge < -0.3 is 8.83 Å². The van der Waals surface area contributed by atoms with E-state index in [9.17, 15) is 5.26 Å². The van der Waals surface area contributed by atoms with Gasteiger partial charge in [-0.15, -0.1) is 0 Å². The second-order valence-corrected chi connectivity index (χ2v) is 9.98. The van der Waals surface area contributed by atoms with E-state index in [1.165, 1.54) is 0 Å². The Bertz CT molecular complexity index is 2140. The molecular formula is C37H21NO2.